The van der Waals surface area contributed by atoms with Crippen molar-refractivity contribution in [3.63, 3.8) is 0 Å². The van der Waals surface area contributed by atoms with Crippen LogP contribution in [0, 0.1) is 0 Å². The second-order valence-electron chi connectivity index (χ2n) is 7.08. The predicted molar refractivity (Wildman–Crippen MR) is 119 cm³/mol. The molecular formula is C25H21NOS. The van der Waals surface area contributed by atoms with Crippen molar-refractivity contribution in [2.45, 2.75) is 19.8 Å². The van der Waals surface area contributed by atoms with Gasteiger partial charge in [-0.25, -0.2) is 4.98 Å². The van der Waals surface area contributed by atoms with Crippen LogP contribution in [-0.4, -0.2) is 10.8 Å². The first-order chi connectivity index (χ1) is 13.6. The highest BCUT2D eigenvalue weighted by Crippen LogP contribution is 2.30. The summed E-state index contributed by atoms with van der Waals surface area (Å²) in [6.07, 6.45) is 3.50. The highest BCUT2D eigenvalue weighted by atomic mass is 32.1. The normalized spacial score (nSPS) is 11.5. The fraction of sp³-hybridized carbons (Fsp3) is 0.120. The van der Waals surface area contributed by atoms with E-state index >= 15 is 0 Å². The van der Waals surface area contributed by atoms with Gasteiger partial charge in [-0.3, -0.25) is 4.79 Å². The van der Waals surface area contributed by atoms with Crippen LogP contribution < -0.4 is 0 Å². The average Bonchev–Trinajstić information content (AvgIpc) is 3.16. The van der Waals surface area contributed by atoms with Gasteiger partial charge < -0.3 is 0 Å². The molecule has 4 aromatic rings. The monoisotopic (exact) mass is 383 g/mol. The van der Waals surface area contributed by atoms with Crippen molar-refractivity contribution < 1.29 is 4.79 Å². The first-order valence-electron chi connectivity index (χ1n) is 9.38. The van der Waals surface area contributed by atoms with Crippen LogP contribution in [-0.2, 0) is 0 Å². The van der Waals surface area contributed by atoms with Crippen LogP contribution >= 0.6 is 11.3 Å². The summed E-state index contributed by atoms with van der Waals surface area (Å²) in [5.41, 5.74) is 5.05. The van der Waals surface area contributed by atoms with Crippen LogP contribution in [0.25, 0.3) is 26.9 Å². The topological polar surface area (TPSA) is 30.0 Å². The molecule has 0 bridgehead atoms. The maximum absolute atomic E-state index is 12.5. The summed E-state index contributed by atoms with van der Waals surface area (Å²) in [6.45, 7) is 4.35. The highest BCUT2D eigenvalue weighted by Gasteiger charge is 2.07. The minimum Gasteiger partial charge on any atom is -0.289 e. The Labute approximate surface area is 169 Å². The van der Waals surface area contributed by atoms with Crippen LogP contribution in [0.5, 0.6) is 0 Å². The molecule has 1 aromatic heterocycles. The molecule has 0 saturated carbocycles. The fourth-order valence-corrected chi connectivity index (χ4v) is 4.00. The predicted octanol–water partition coefficient (Wildman–Crippen LogP) is 6.98. The Balaban J connectivity index is 1.49. The molecule has 0 atom stereocenters. The smallest absolute Gasteiger partial charge is 0.185 e. The van der Waals surface area contributed by atoms with Gasteiger partial charge in [0.2, 0.25) is 0 Å². The number of ketones is 1. The molecule has 0 saturated heterocycles. The van der Waals surface area contributed by atoms with Gasteiger partial charge in [-0.2, -0.15) is 0 Å². The van der Waals surface area contributed by atoms with Gasteiger partial charge in [0.15, 0.2) is 5.78 Å². The summed E-state index contributed by atoms with van der Waals surface area (Å²) in [5.74, 6) is 0.511. The molecule has 0 radical (unpaired) electrons. The van der Waals surface area contributed by atoms with Crippen molar-refractivity contribution >= 4 is 33.4 Å². The average molecular weight is 384 g/mol. The van der Waals surface area contributed by atoms with Gasteiger partial charge in [0.05, 0.1) is 10.2 Å². The van der Waals surface area contributed by atoms with Crippen LogP contribution in [0.1, 0.15) is 41.3 Å². The number of rotatable bonds is 5. The third kappa shape index (κ3) is 3.95. The summed E-state index contributed by atoms with van der Waals surface area (Å²) in [7, 11) is 0. The molecule has 138 valence electrons. The first-order valence-corrected chi connectivity index (χ1v) is 10.2. The zero-order chi connectivity index (χ0) is 19.5. The number of nitrogens with zero attached hydrogens (tertiary/aromatic N) is 1. The molecule has 2 nitrogen and oxygen atoms in total. The van der Waals surface area contributed by atoms with Gasteiger partial charge in [-0.15, -0.1) is 11.3 Å². The van der Waals surface area contributed by atoms with Gasteiger partial charge in [0.25, 0.3) is 0 Å². The maximum atomic E-state index is 12.5. The Morgan fingerprint density at radius 1 is 0.929 bits per heavy atom. The van der Waals surface area contributed by atoms with E-state index in [0.717, 1.165) is 21.7 Å². The standard InChI is InChI=1S/C25H21NOS/c1-17(2)19-10-7-18(8-11-19)9-16-23(27)20-12-14-21(15-13-20)25-26-22-5-3-4-6-24(22)28-25/h3-17H,1-2H3. The van der Waals surface area contributed by atoms with Crippen molar-refractivity contribution in [3.05, 3.63) is 95.6 Å². The van der Waals surface area contributed by atoms with Gasteiger partial charge in [-0.1, -0.05) is 80.6 Å². The van der Waals surface area contributed by atoms with E-state index in [1.807, 2.05) is 48.5 Å². The zero-order valence-corrected chi connectivity index (χ0v) is 16.7. The Hall–Kier alpha value is -3.04. The van der Waals surface area contributed by atoms with E-state index in [1.165, 1.54) is 10.3 Å². The van der Waals surface area contributed by atoms with Gasteiger partial charge >= 0.3 is 0 Å². The van der Waals surface area contributed by atoms with Crippen molar-refractivity contribution in [2.75, 3.05) is 0 Å². The molecule has 3 heteroatoms. The third-order valence-corrected chi connectivity index (χ3v) is 5.83. The second kappa shape index (κ2) is 7.91. The summed E-state index contributed by atoms with van der Waals surface area (Å²) < 4.78 is 1.17. The van der Waals surface area contributed by atoms with Crippen molar-refractivity contribution in [1.29, 1.82) is 0 Å². The maximum Gasteiger partial charge on any atom is 0.185 e. The highest BCUT2D eigenvalue weighted by molar-refractivity contribution is 7.21. The van der Waals surface area contributed by atoms with Crippen LogP contribution in [0.2, 0.25) is 0 Å². The van der Waals surface area contributed by atoms with E-state index in [4.69, 9.17) is 0 Å². The molecule has 1 heterocycles. The van der Waals surface area contributed by atoms with E-state index in [9.17, 15) is 4.79 Å². The molecule has 0 aliphatic carbocycles. The van der Waals surface area contributed by atoms with Crippen molar-refractivity contribution in [3.8, 4) is 10.6 Å². The van der Waals surface area contributed by atoms with Crippen LogP contribution in [0.4, 0.5) is 0 Å². The summed E-state index contributed by atoms with van der Waals surface area (Å²) in [5, 5.41) is 0.973. The molecule has 0 aliphatic heterocycles. The van der Waals surface area contributed by atoms with E-state index in [-0.39, 0.29) is 5.78 Å². The zero-order valence-electron chi connectivity index (χ0n) is 15.9. The molecule has 0 fully saturated rings. The number of fused-ring (bicyclic) bond motifs is 1. The van der Waals surface area contributed by atoms with Gasteiger partial charge in [-0.05, 0) is 35.3 Å². The lowest BCUT2D eigenvalue weighted by molar-refractivity contribution is 0.104. The van der Waals surface area contributed by atoms with Crippen molar-refractivity contribution in [2.24, 2.45) is 0 Å². The van der Waals surface area contributed by atoms with E-state index in [0.29, 0.717) is 11.5 Å². The largest absolute Gasteiger partial charge is 0.289 e. The summed E-state index contributed by atoms with van der Waals surface area (Å²) in [4.78, 5) is 17.2. The van der Waals surface area contributed by atoms with Crippen LogP contribution in [0.3, 0.4) is 0 Å². The lowest BCUT2D eigenvalue weighted by Gasteiger charge is -2.04. The molecule has 4 rings (SSSR count). The molecule has 3 aromatic carbocycles. The second-order valence-corrected chi connectivity index (χ2v) is 8.11. The number of allylic oxidation sites excluding steroid dienone is 1. The molecule has 0 aliphatic rings. The van der Waals surface area contributed by atoms with Gasteiger partial charge in [0.1, 0.15) is 5.01 Å². The first kappa shape index (κ1) is 18.3. The fourth-order valence-electron chi connectivity index (χ4n) is 3.03. The number of carbonyl (C=O) groups is 1. The van der Waals surface area contributed by atoms with Crippen LogP contribution in [0.15, 0.2) is 78.9 Å². The number of thiazole rings is 1. The third-order valence-electron chi connectivity index (χ3n) is 4.74. The number of para-hydroxylation sites is 1. The Morgan fingerprint density at radius 2 is 1.64 bits per heavy atom. The quantitative estimate of drug-likeness (QED) is 0.275. The number of carbonyl (C=O) groups excluding carboxylic acids is 1. The van der Waals surface area contributed by atoms with Crippen molar-refractivity contribution in [1.82, 2.24) is 4.98 Å². The molecule has 0 amide bonds. The molecule has 0 spiro atoms. The molecule has 28 heavy (non-hydrogen) atoms. The minimum absolute atomic E-state index is 0.00351. The number of benzene rings is 3. The summed E-state index contributed by atoms with van der Waals surface area (Å²) in [6, 6.07) is 24.1. The summed E-state index contributed by atoms with van der Waals surface area (Å²) >= 11 is 1.67. The Morgan fingerprint density at radius 3 is 2.32 bits per heavy atom. The minimum atomic E-state index is 0.00351. The molecule has 0 N–H and O–H groups in total. The van der Waals surface area contributed by atoms with E-state index < -0.39 is 0 Å². The lowest BCUT2D eigenvalue weighted by atomic mass is 10.0. The molecule has 0 unspecified atom stereocenters. The van der Waals surface area contributed by atoms with E-state index in [1.54, 1.807) is 17.4 Å². The number of hydrogen-bond donors (Lipinski definition) is 0. The SMILES string of the molecule is CC(C)c1ccc(C=CC(=O)c2ccc(-c3nc4ccccc4s3)cc2)cc1. The van der Waals surface area contributed by atoms with E-state index in [2.05, 4.69) is 49.2 Å². The van der Waals surface area contributed by atoms with Gasteiger partial charge in [0, 0.05) is 11.1 Å². The Bertz CT molecular complexity index is 1100. The number of hydrogen-bond acceptors (Lipinski definition) is 3. The molecular weight excluding hydrogens is 362 g/mol. The number of aromatic nitrogens is 1. The lowest BCUT2D eigenvalue weighted by Crippen LogP contribution is -1.94. The Kier molecular flexibility index (Phi) is 5.18.